The van der Waals surface area contributed by atoms with Gasteiger partial charge in [0, 0.05) is 32.4 Å². The lowest BCUT2D eigenvalue weighted by Gasteiger charge is -2.34. The van der Waals surface area contributed by atoms with Crippen LogP contribution in [0.3, 0.4) is 0 Å². The molecular weight excluding hydrogens is 358 g/mol. The summed E-state index contributed by atoms with van der Waals surface area (Å²) in [6.07, 6.45) is 2.12. The molecule has 1 aromatic heterocycles. The lowest BCUT2D eigenvalue weighted by molar-refractivity contribution is 0.0697. The molecule has 0 spiro atoms. The molecule has 0 aromatic carbocycles. The number of pyridine rings is 1. The van der Waals surface area contributed by atoms with Crippen molar-refractivity contribution >= 4 is 31.9 Å². The fourth-order valence-electron chi connectivity index (χ4n) is 2.24. The van der Waals surface area contributed by atoms with E-state index in [-0.39, 0.29) is 11.7 Å². The maximum absolute atomic E-state index is 12.3. The Bertz CT molecular complexity index is 596. The highest BCUT2D eigenvalue weighted by molar-refractivity contribution is 9.10. The first kappa shape index (κ1) is 16.4. The number of carbonyl (C=O) groups excluding carboxylic acids is 1. The summed E-state index contributed by atoms with van der Waals surface area (Å²) in [5.41, 5.74) is 0.517. The topological polar surface area (TPSA) is 70.6 Å². The van der Waals surface area contributed by atoms with Crippen LogP contribution in [0.5, 0.6) is 0 Å². The first-order valence-electron chi connectivity index (χ1n) is 6.82. The van der Waals surface area contributed by atoms with Gasteiger partial charge in [-0.25, -0.2) is 13.4 Å². The molecular formula is C13H18BrN3O3S. The van der Waals surface area contributed by atoms with Crippen molar-refractivity contribution in [2.45, 2.75) is 13.3 Å². The number of carbonyl (C=O) groups is 1. The highest BCUT2D eigenvalue weighted by Gasteiger charge is 2.28. The first-order chi connectivity index (χ1) is 9.94. The third kappa shape index (κ3) is 4.02. The lowest BCUT2D eigenvalue weighted by atomic mass is 10.2. The molecule has 6 nitrogen and oxygen atoms in total. The summed E-state index contributed by atoms with van der Waals surface area (Å²) in [6, 6.07) is 3.43. The second-order valence-electron chi connectivity index (χ2n) is 4.88. The predicted molar refractivity (Wildman–Crippen MR) is 83.5 cm³/mol. The Morgan fingerprint density at radius 2 is 1.95 bits per heavy atom. The highest BCUT2D eigenvalue weighted by Crippen LogP contribution is 2.13. The van der Waals surface area contributed by atoms with Gasteiger partial charge in [-0.15, -0.1) is 0 Å². The maximum atomic E-state index is 12.3. The SMILES string of the molecule is CCCS(=O)(=O)N1CCN(C(=O)c2ccc(Br)nc2)CC1. The maximum Gasteiger partial charge on any atom is 0.255 e. The van der Waals surface area contributed by atoms with E-state index in [4.69, 9.17) is 0 Å². The minimum absolute atomic E-state index is 0.109. The Morgan fingerprint density at radius 3 is 2.48 bits per heavy atom. The van der Waals surface area contributed by atoms with Crippen LogP contribution in [0.4, 0.5) is 0 Å². The molecule has 21 heavy (non-hydrogen) atoms. The summed E-state index contributed by atoms with van der Waals surface area (Å²) in [4.78, 5) is 18.0. The first-order valence-corrected chi connectivity index (χ1v) is 9.23. The van der Waals surface area contributed by atoms with Gasteiger partial charge in [-0.2, -0.15) is 4.31 Å². The lowest BCUT2D eigenvalue weighted by Crippen LogP contribution is -2.51. The monoisotopic (exact) mass is 375 g/mol. The van der Waals surface area contributed by atoms with Gasteiger partial charge in [0.15, 0.2) is 0 Å². The van der Waals surface area contributed by atoms with E-state index in [0.717, 1.165) is 0 Å². The molecule has 8 heteroatoms. The van der Waals surface area contributed by atoms with Gasteiger partial charge >= 0.3 is 0 Å². The number of sulfonamides is 1. The highest BCUT2D eigenvalue weighted by atomic mass is 79.9. The Balaban J connectivity index is 1.98. The van der Waals surface area contributed by atoms with Crippen molar-refractivity contribution < 1.29 is 13.2 Å². The van der Waals surface area contributed by atoms with Crippen LogP contribution in [0.1, 0.15) is 23.7 Å². The minimum Gasteiger partial charge on any atom is -0.336 e. The molecule has 0 bridgehead atoms. The molecule has 1 aliphatic heterocycles. The molecule has 1 fully saturated rings. The summed E-state index contributed by atoms with van der Waals surface area (Å²) in [6.45, 7) is 3.39. The molecule has 1 aromatic rings. The van der Waals surface area contributed by atoms with E-state index >= 15 is 0 Å². The number of nitrogens with zero attached hydrogens (tertiary/aromatic N) is 3. The van der Waals surface area contributed by atoms with E-state index in [0.29, 0.717) is 42.8 Å². The van der Waals surface area contributed by atoms with Gasteiger partial charge < -0.3 is 4.90 Å². The van der Waals surface area contributed by atoms with Gasteiger partial charge in [-0.05, 0) is 34.5 Å². The molecule has 0 atom stereocenters. The van der Waals surface area contributed by atoms with E-state index in [1.807, 2.05) is 6.92 Å². The van der Waals surface area contributed by atoms with Crippen molar-refractivity contribution in [1.82, 2.24) is 14.2 Å². The smallest absolute Gasteiger partial charge is 0.255 e. The zero-order valence-electron chi connectivity index (χ0n) is 11.8. The molecule has 0 saturated carbocycles. The number of rotatable bonds is 4. The Hall–Kier alpha value is -0.990. The summed E-state index contributed by atoms with van der Waals surface area (Å²) >= 11 is 3.23. The van der Waals surface area contributed by atoms with Crippen molar-refractivity contribution in [2.24, 2.45) is 0 Å². The van der Waals surface area contributed by atoms with E-state index in [1.165, 1.54) is 10.5 Å². The number of hydrogen-bond donors (Lipinski definition) is 0. The number of aromatic nitrogens is 1. The largest absolute Gasteiger partial charge is 0.336 e. The zero-order chi connectivity index (χ0) is 15.5. The van der Waals surface area contributed by atoms with Crippen LogP contribution >= 0.6 is 15.9 Å². The normalized spacial score (nSPS) is 17.0. The fourth-order valence-corrected chi connectivity index (χ4v) is 3.97. The number of halogens is 1. The van der Waals surface area contributed by atoms with Gasteiger partial charge in [-0.1, -0.05) is 6.92 Å². The van der Waals surface area contributed by atoms with Crippen LogP contribution in [0.2, 0.25) is 0 Å². The van der Waals surface area contributed by atoms with Crippen molar-refractivity contribution in [3.8, 4) is 0 Å². The van der Waals surface area contributed by atoms with E-state index in [2.05, 4.69) is 20.9 Å². The standard InChI is InChI=1S/C13H18BrN3O3S/c1-2-9-21(19,20)17-7-5-16(6-8-17)13(18)11-3-4-12(14)15-10-11/h3-4,10H,2,5-9H2,1H3. The molecule has 1 aliphatic rings. The molecule has 2 heterocycles. The van der Waals surface area contributed by atoms with Crippen LogP contribution in [-0.4, -0.2) is 60.4 Å². The Kier molecular flexibility index (Phi) is 5.34. The second-order valence-corrected chi connectivity index (χ2v) is 7.78. The predicted octanol–water partition coefficient (Wildman–Crippen LogP) is 1.34. The Morgan fingerprint density at radius 1 is 1.29 bits per heavy atom. The van der Waals surface area contributed by atoms with Crippen molar-refractivity contribution in [2.75, 3.05) is 31.9 Å². The fraction of sp³-hybridized carbons (Fsp3) is 0.538. The van der Waals surface area contributed by atoms with Gasteiger partial charge in [-0.3, -0.25) is 4.79 Å². The summed E-state index contributed by atoms with van der Waals surface area (Å²) < 4.78 is 26.1. The van der Waals surface area contributed by atoms with Crippen LogP contribution in [0.15, 0.2) is 22.9 Å². The molecule has 0 N–H and O–H groups in total. The third-order valence-electron chi connectivity index (χ3n) is 3.36. The van der Waals surface area contributed by atoms with E-state index in [1.54, 1.807) is 17.0 Å². The summed E-state index contributed by atoms with van der Waals surface area (Å²) in [7, 11) is -3.18. The summed E-state index contributed by atoms with van der Waals surface area (Å²) in [5.74, 6) is 0.0555. The average molecular weight is 376 g/mol. The molecule has 0 aliphatic carbocycles. The molecule has 1 saturated heterocycles. The number of piperazine rings is 1. The van der Waals surface area contributed by atoms with Crippen molar-refractivity contribution in [3.63, 3.8) is 0 Å². The summed E-state index contributed by atoms with van der Waals surface area (Å²) in [5, 5.41) is 0. The number of amides is 1. The third-order valence-corrected chi connectivity index (χ3v) is 5.90. The van der Waals surface area contributed by atoms with Crippen LogP contribution < -0.4 is 0 Å². The zero-order valence-corrected chi connectivity index (χ0v) is 14.2. The molecule has 116 valence electrons. The molecule has 0 unspecified atom stereocenters. The van der Waals surface area contributed by atoms with Gasteiger partial charge in [0.25, 0.3) is 5.91 Å². The minimum atomic E-state index is -3.18. The van der Waals surface area contributed by atoms with Crippen molar-refractivity contribution in [1.29, 1.82) is 0 Å². The quantitative estimate of drug-likeness (QED) is 0.744. The van der Waals surface area contributed by atoms with Crippen LogP contribution in [-0.2, 0) is 10.0 Å². The van der Waals surface area contributed by atoms with Gasteiger partial charge in [0.2, 0.25) is 10.0 Å². The van der Waals surface area contributed by atoms with Crippen LogP contribution in [0.25, 0.3) is 0 Å². The molecule has 1 amide bonds. The van der Waals surface area contributed by atoms with Gasteiger partial charge in [0.1, 0.15) is 4.60 Å². The van der Waals surface area contributed by atoms with Crippen molar-refractivity contribution in [3.05, 3.63) is 28.5 Å². The molecule has 0 radical (unpaired) electrons. The molecule has 2 rings (SSSR count). The van der Waals surface area contributed by atoms with E-state index in [9.17, 15) is 13.2 Å². The number of hydrogen-bond acceptors (Lipinski definition) is 4. The van der Waals surface area contributed by atoms with Crippen LogP contribution in [0, 0.1) is 0 Å². The van der Waals surface area contributed by atoms with Gasteiger partial charge in [0.05, 0.1) is 11.3 Å². The average Bonchev–Trinajstić information content (AvgIpc) is 2.47. The second kappa shape index (κ2) is 6.85. The Labute approximate surface area is 133 Å². The van der Waals surface area contributed by atoms with E-state index < -0.39 is 10.0 Å².